The van der Waals surface area contributed by atoms with Gasteiger partial charge in [-0.3, -0.25) is 4.98 Å². The quantitative estimate of drug-likeness (QED) is 0.542. The van der Waals surface area contributed by atoms with Crippen LogP contribution in [0.2, 0.25) is 0 Å². The van der Waals surface area contributed by atoms with Gasteiger partial charge in [0.25, 0.3) is 5.88 Å². The van der Waals surface area contributed by atoms with Gasteiger partial charge in [-0.2, -0.15) is 0 Å². The molecule has 6 nitrogen and oxygen atoms in total. The first-order valence-electron chi connectivity index (χ1n) is 8.61. The van der Waals surface area contributed by atoms with Crippen molar-refractivity contribution in [2.24, 2.45) is 0 Å². The molecule has 1 aliphatic rings. The van der Waals surface area contributed by atoms with Gasteiger partial charge in [-0.1, -0.05) is 12.1 Å². The summed E-state index contributed by atoms with van der Waals surface area (Å²) in [5.74, 6) is 1.70. The van der Waals surface area contributed by atoms with Gasteiger partial charge < -0.3 is 9.26 Å². The average molecular weight is 344 g/mol. The highest BCUT2D eigenvalue weighted by molar-refractivity contribution is 5.87. The Morgan fingerprint density at radius 2 is 1.85 bits per heavy atom. The van der Waals surface area contributed by atoms with E-state index in [1.54, 1.807) is 18.5 Å². The van der Waals surface area contributed by atoms with E-state index in [0.29, 0.717) is 23.2 Å². The third kappa shape index (κ3) is 2.90. The minimum Gasteiger partial charge on any atom is -0.467 e. The lowest BCUT2D eigenvalue weighted by molar-refractivity contribution is 0.266. The van der Waals surface area contributed by atoms with E-state index in [9.17, 15) is 0 Å². The molecule has 1 saturated carbocycles. The minimum absolute atomic E-state index is 0.240. The molecule has 1 aromatic carbocycles. The van der Waals surface area contributed by atoms with Crippen LogP contribution < -0.4 is 4.74 Å². The third-order valence-corrected chi connectivity index (χ3v) is 4.51. The molecule has 0 radical (unpaired) electrons. The third-order valence-electron chi connectivity index (χ3n) is 4.51. The van der Waals surface area contributed by atoms with Gasteiger partial charge in [0, 0.05) is 35.8 Å². The summed E-state index contributed by atoms with van der Waals surface area (Å²) >= 11 is 0. The fourth-order valence-corrected chi connectivity index (χ4v) is 2.93. The van der Waals surface area contributed by atoms with Crippen molar-refractivity contribution in [3.05, 3.63) is 66.5 Å². The maximum absolute atomic E-state index is 5.75. The monoisotopic (exact) mass is 344 g/mol. The van der Waals surface area contributed by atoms with Gasteiger partial charge in [0.15, 0.2) is 11.4 Å². The molecule has 0 spiro atoms. The summed E-state index contributed by atoms with van der Waals surface area (Å²) in [5, 5.41) is 4.85. The van der Waals surface area contributed by atoms with E-state index in [1.165, 1.54) is 18.5 Å². The molecule has 0 N–H and O–H groups in total. The molecule has 5 rings (SSSR count). The number of hydrogen-bond donors (Lipinski definition) is 0. The predicted octanol–water partition coefficient (Wildman–Crippen LogP) is 4.14. The SMILES string of the molecule is c1cnc(COc2noc3ccc(-c4ccc(C5CC5)nc4)cc23)nc1. The average Bonchev–Trinajstić information content (AvgIpc) is 3.48. The summed E-state index contributed by atoms with van der Waals surface area (Å²) in [5.41, 5.74) is 3.98. The number of benzene rings is 1. The Hall–Kier alpha value is -3.28. The van der Waals surface area contributed by atoms with E-state index < -0.39 is 0 Å². The van der Waals surface area contributed by atoms with Gasteiger partial charge in [-0.25, -0.2) is 9.97 Å². The number of pyridine rings is 1. The lowest BCUT2D eigenvalue weighted by atomic mass is 10.1. The fourth-order valence-electron chi connectivity index (χ4n) is 2.93. The maximum atomic E-state index is 5.75. The van der Waals surface area contributed by atoms with Crippen molar-refractivity contribution >= 4 is 11.0 Å². The molecule has 0 atom stereocenters. The number of ether oxygens (including phenoxy) is 1. The zero-order valence-corrected chi connectivity index (χ0v) is 14.0. The molecule has 0 amide bonds. The first kappa shape index (κ1) is 15.0. The van der Waals surface area contributed by atoms with E-state index in [-0.39, 0.29) is 6.61 Å². The normalized spacial score (nSPS) is 13.8. The molecule has 3 aromatic heterocycles. The molecule has 1 fully saturated rings. The zero-order chi connectivity index (χ0) is 17.3. The predicted molar refractivity (Wildman–Crippen MR) is 95.6 cm³/mol. The van der Waals surface area contributed by atoms with Crippen molar-refractivity contribution in [1.29, 1.82) is 0 Å². The van der Waals surface area contributed by atoms with Gasteiger partial charge in [0.1, 0.15) is 6.61 Å². The highest BCUT2D eigenvalue weighted by atomic mass is 16.5. The van der Waals surface area contributed by atoms with Crippen molar-refractivity contribution < 1.29 is 9.26 Å². The van der Waals surface area contributed by atoms with Gasteiger partial charge in [0.05, 0.1) is 5.39 Å². The molecule has 0 unspecified atom stereocenters. The van der Waals surface area contributed by atoms with E-state index in [0.717, 1.165) is 16.5 Å². The number of fused-ring (bicyclic) bond motifs is 1. The molecule has 1 aliphatic carbocycles. The van der Waals surface area contributed by atoms with Crippen LogP contribution >= 0.6 is 0 Å². The van der Waals surface area contributed by atoms with Crippen molar-refractivity contribution in [1.82, 2.24) is 20.1 Å². The second-order valence-electron chi connectivity index (χ2n) is 6.40. The molecular weight excluding hydrogens is 328 g/mol. The van der Waals surface area contributed by atoms with E-state index >= 15 is 0 Å². The second-order valence-corrected chi connectivity index (χ2v) is 6.40. The topological polar surface area (TPSA) is 73.9 Å². The summed E-state index contributed by atoms with van der Waals surface area (Å²) in [7, 11) is 0. The van der Waals surface area contributed by atoms with Crippen LogP contribution in [0.25, 0.3) is 22.1 Å². The minimum atomic E-state index is 0.240. The van der Waals surface area contributed by atoms with E-state index in [2.05, 4.69) is 32.2 Å². The highest BCUT2D eigenvalue weighted by Crippen LogP contribution is 2.39. The van der Waals surface area contributed by atoms with Crippen LogP contribution in [0.3, 0.4) is 0 Å². The number of hydrogen-bond acceptors (Lipinski definition) is 6. The summed E-state index contributed by atoms with van der Waals surface area (Å²) in [6.45, 7) is 0.240. The lowest BCUT2D eigenvalue weighted by Crippen LogP contribution is -2.00. The molecule has 6 heteroatoms. The first-order valence-corrected chi connectivity index (χ1v) is 8.61. The summed E-state index contributed by atoms with van der Waals surface area (Å²) in [6, 6.07) is 11.9. The van der Waals surface area contributed by atoms with E-state index in [1.807, 2.05) is 24.4 Å². The van der Waals surface area contributed by atoms with Gasteiger partial charge in [0.2, 0.25) is 0 Å². The number of nitrogens with zero attached hydrogens (tertiary/aromatic N) is 4. The molecular formula is C20H16N4O2. The van der Waals surface area contributed by atoms with Crippen LogP contribution in [-0.4, -0.2) is 20.1 Å². The van der Waals surface area contributed by atoms with Crippen molar-refractivity contribution in [2.45, 2.75) is 25.4 Å². The molecule has 0 bridgehead atoms. The van der Waals surface area contributed by atoms with Crippen molar-refractivity contribution in [2.75, 3.05) is 0 Å². The Kier molecular flexibility index (Phi) is 3.59. The molecule has 4 aromatic rings. The van der Waals surface area contributed by atoms with Crippen molar-refractivity contribution in [3.63, 3.8) is 0 Å². The van der Waals surface area contributed by atoms with Crippen LogP contribution in [0, 0.1) is 0 Å². The summed E-state index contributed by atoms with van der Waals surface area (Å²) < 4.78 is 11.1. The smallest absolute Gasteiger partial charge is 0.262 e. The molecule has 0 saturated heterocycles. The van der Waals surface area contributed by atoms with Gasteiger partial charge in [-0.05, 0) is 47.8 Å². The Balaban J connectivity index is 1.42. The molecule has 0 aliphatic heterocycles. The molecule has 3 heterocycles. The summed E-state index contributed by atoms with van der Waals surface area (Å²) in [6.07, 6.45) is 7.81. The fraction of sp³-hybridized carbons (Fsp3) is 0.200. The standard InChI is InChI=1S/C20H16N4O2/c1-8-21-19(22-9-1)12-25-20-16-10-14(5-7-18(16)26-24-20)15-4-6-17(23-11-15)13-2-3-13/h1,4-11,13H,2-3,12H2. The maximum Gasteiger partial charge on any atom is 0.262 e. The molecule has 128 valence electrons. The first-order chi connectivity index (χ1) is 12.9. The Labute approximate surface area is 149 Å². The number of rotatable bonds is 5. The van der Waals surface area contributed by atoms with Crippen LogP contribution in [0.1, 0.15) is 30.3 Å². The van der Waals surface area contributed by atoms with Crippen LogP contribution in [0.5, 0.6) is 5.88 Å². The number of aromatic nitrogens is 4. The van der Waals surface area contributed by atoms with Crippen molar-refractivity contribution in [3.8, 4) is 17.0 Å². The Bertz CT molecular complexity index is 1040. The Morgan fingerprint density at radius 3 is 2.62 bits per heavy atom. The van der Waals surface area contributed by atoms with Gasteiger partial charge >= 0.3 is 0 Å². The summed E-state index contributed by atoms with van der Waals surface area (Å²) in [4.78, 5) is 12.9. The zero-order valence-electron chi connectivity index (χ0n) is 14.0. The van der Waals surface area contributed by atoms with Gasteiger partial charge in [-0.15, -0.1) is 0 Å². The Morgan fingerprint density at radius 1 is 1.00 bits per heavy atom. The van der Waals surface area contributed by atoms with Crippen LogP contribution in [0.15, 0.2) is 59.5 Å². The highest BCUT2D eigenvalue weighted by Gasteiger charge is 2.24. The second kappa shape index (κ2) is 6.22. The van der Waals surface area contributed by atoms with E-state index in [4.69, 9.17) is 9.26 Å². The molecule has 26 heavy (non-hydrogen) atoms. The van der Waals surface area contributed by atoms with Crippen LogP contribution in [-0.2, 0) is 6.61 Å². The largest absolute Gasteiger partial charge is 0.467 e. The van der Waals surface area contributed by atoms with Crippen LogP contribution in [0.4, 0.5) is 0 Å². The lowest BCUT2D eigenvalue weighted by Gasteiger charge is -2.04.